The maximum absolute atomic E-state index is 13.5. The minimum Gasteiger partial charge on any atom is -0.493 e. The van der Waals surface area contributed by atoms with E-state index in [4.69, 9.17) is 21.4 Å². The maximum atomic E-state index is 13.5. The van der Waals surface area contributed by atoms with Gasteiger partial charge in [-0.2, -0.15) is 0 Å². The van der Waals surface area contributed by atoms with Gasteiger partial charge in [0.15, 0.2) is 11.6 Å². The molecule has 0 aliphatic carbocycles. The number of aliphatic carboxylic acids is 1. The minimum atomic E-state index is -1.05. The van der Waals surface area contributed by atoms with Crippen molar-refractivity contribution in [3.8, 4) is 5.75 Å². The van der Waals surface area contributed by atoms with E-state index in [2.05, 4.69) is 0 Å². The molecule has 0 saturated carbocycles. The summed E-state index contributed by atoms with van der Waals surface area (Å²) in [4.78, 5) is 10.7. The van der Waals surface area contributed by atoms with Crippen LogP contribution in [0.2, 0.25) is 5.02 Å². The molecule has 1 unspecified atom stereocenters. The van der Waals surface area contributed by atoms with Crippen molar-refractivity contribution in [1.82, 2.24) is 0 Å². The van der Waals surface area contributed by atoms with Crippen molar-refractivity contribution in [1.29, 1.82) is 0 Å². The van der Waals surface area contributed by atoms with E-state index in [1.54, 1.807) is 0 Å². The van der Waals surface area contributed by atoms with Gasteiger partial charge in [-0.05, 0) is 12.5 Å². The van der Waals surface area contributed by atoms with Crippen LogP contribution in [0, 0.1) is 17.6 Å². The van der Waals surface area contributed by atoms with Crippen molar-refractivity contribution in [2.45, 2.75) is 13.3 Å². The highest BCUT2D eigenvalue weighted by Crippen LogP contribution is 2.32. The largest absolute Gasteiger partial charge is 0.493 e. The molecule has 1 aromatic rings. The molecule has 0 aliphatic heterocycles. The van der Waals surface area contributed by atoms with Gasteiger partial charge >= 0.3 is 5.97 Å². The van der Waals surface area contributed by atoms with E-state index < -0.39 is 28.5 Å². The zero-order valence-corrected chi connectivity index (χ0v) is 10.0. The molecule has 0 aliphatic rings. The lowest BCUT2D eigenvalue weighted by Crippen LogP contribution is -2.13. The Morgan fingerprint density at radius 1 is 1.59 bits per heavy atom. The Labute approximate surface area is 102 Å². The molecule has 0 fully saturated rings. The third-order valence-corrected chi connectivity index (χ3v) is 2.69. The normalized spacial score (nSPS) is 12.3. The summed E-state index contributed by atoms with van der Waals surface area (Å²) in [6.07, 6.45) is -0.0382. The lowest BCUT2D eigenvalue weighted by molar-refractivity contribution is -0.141. The topological polar surface area (TPSA) is 46.5 Å². The van der Waals surface area contributed by atoms with Crippen LogP contribution in [0.4, 0.5) is 8.78 Å². The van der Waals surface area contributed by atoms with E-state index in [-0.39, 0.29) is 17.7 Å². The van der Waals surface area contributed by atoms with Crippen LogP contribution >= 0.6 is 11.6 Å². The molecule has 0 saturated heterocycles. The number of carboxylic acids is 1. The van der Waals surface area contributed by atoms with Crippen LogP contribution in [0.3, 0.4) is 0 Å². The predicted octanol–water partition coefficient (Wildman–Crippen LogP) is 2.89. The number of rotatable bonds is 4. The Morgan fingerprint density at radius 3 is 2.65 bits per heavy atom. The van der Waals surface area contributed by atoms with Gasteiger partial charge in [0.1, 0.15) is 10.8 Å². The summed E-state index contributed by atoms with van der Waals surface area (Å²) in [5.41, 5.74) is 0.141. The Hall–Kier alpha value is -1.36. The Bertz CT molecular complexity index is 449. The Morgan fingerprint density at radius 2 is 2.18 bits per heavy atom. The van der Waals surface area contributed by atoms with Crippen molar-refractivity contribution >= 4 is 17.6 Å². The lowest BCUT2D eigenvalue weighted by atomic mass is 10.00. The van der Waals surface area contributed by atoms with E-state index in [9.17, 15) is 13.6 Å². The van der Waals surface area contributed by atoms with E-state index in [0.29, 0.717) is 0 Å². The summed E-state index contributed by atoms with van der Waals surface area (Å²) in [5.74, 6) is -3.99. The Kier molecular flexibility index (Phi) is 4.28. The molecule has 1 rings (SSSR count). The number of hydrogen-bond donors (Lipinski definition) is 1. The molecule has 0 bridgehead atoms. The monoisotopic (exact) mass is 264 g/mol. The quantitative estimate of drug-likeness (QED) is 0.851. The number of benzene rings is 1. The van der Waals surface area contributed by atoms with Gasteiger partial charge in [-0.15, -0.1) is 0 Å². The van der Waals surface area contributed by atoms with Crippen molar-refractivity contribution in [3.63, 3.8) is 0 Å². The first-order valence-corrected chi connectivity index (χ1v) is 5.19. The molecule has 0 amide bonds. The van der Waals surface area contributed by atoms with E-state index in [1.807, 2.05) is 0 Å². The number of methoxy groups -OCH3 is 1. The highest BCUT2D eigenvalue weighted by Gasteiger charge is 2.21. The summed E-state index contributed by atoms with van der Waals surface area (Å²) in [5, 5.41) is 8.09. The summed E-state index contributed by atoms with van der Waals surface area (Å²) < 4.78 is 31.5. The maximum Gasteiger partial charge on any atom is 0.306 e. The SMILES string of the molecule is COc1c(CC(C)C(=O)O)cc(F)c(Cl)c1F. The molecule has 94 valence electrons. The Balaban J connectivity index is 3.19. The molecule has 3 nitrogen and oxygen atoms in total. The fourth-order valence-electron chi connectivity index (χ4n) is 1.42. The molecule has 1 aromatic carbocycles. The van der Waals surface area contributed by atoms with Crippen LogP contribution in [0.5, 0.6) is 5.75 Å². The number of carbonyl (C=O) groups is 1. The average Bonchev–Trinajstić information content (AvgIpc) is 2.26. The van der Waals surface area contributed by atoms with E-state index in [0.717, 1.165) is 6.07 Å². The standard InChI is InChI=1S/C11H11ClF2O3/c1-5(11(15)16)3-6-4-7(13)8(12)9(14)10(6)17-2/h4-5H,3H2,1-2H3,(H,15,16). The number of ether oxygens (including phenoxy) is 1. The van der Waals surface area contributed by atoms with Gasteiger partial charge < -0.3 is 9.84 Å². The predicted molar refractivity (Wildman–Crippen MR) is 58.4 cm³/mol. The van der Waals surface area contributed by atoms with Crippen LogP contribution in [0.1, 0.15) is 12.5 Å². The summed E-state index contributed by atoms with van der Waals surface area (Å²) in [6.45, 7) is 1.44. The zero-order chi connectivity index (χ0) is 13.2. The highest BCUT2D eigenvalue weighted by atomic mass is 35.5. The van der Waals surface area contributed by atoms with E-state index >= 15 is 0 Å². The lowest BCUT2D eigenvalue weighted by Gasteiger charge is -2.13. The molecule has 17 heavy (non-hydrogen) atoms. The van der Waals surface area contributed by atoms with E-state index in [1.165, 1.54) is 14.0 Å². The number of hydrogen-bond acceptors (Lipinski definition) is 2. The van der Waals surface area contributed by atoms with Gasteiger partial charge in [0, 0.05) is 5.56 Å². The number of carboxylic acid groups (broad SMARTS) is 1. The second-order valence-electron chi connectivity index (χ2n) is 3.62. The summed E-state index contributed by atoms with van der Waals surface area (Å²) in [6, 6.07) is 0.990. The second-order valence-corrected chi connectivity index (χ2v) is 4.00. The van der Waals surface area contributed by atoms with Crippen LogP contribution in [-0.4, -0.2) is 18.2 Å². The second kappa shape index (κ2) is 5.31. The van der Waals surface area contributed by atoms with Crippen LogP contribution < -0.4 is 4.74 Å². The zero-order valence-electron chi connectivity index (χ0n) is 9.26. The van der Waals surface area contributed by atoms with Gasteiger partial charge in [0.2, 0.25) is 0 Å². The van der Waals surface area contributed by atoms with Gasteiger partial charge in [-0.1, -0.05) is 18.5 Å². The van der Waals surface area contributed by atoms with Crippen LogP contribution in [0.15, 0.2) is 6.07 Å². The average molecular weight is 265 g/mol. The fraction of sp³-hybridized carbons (Fsp3) is 0.364. The molecule has 0 radical (unpaired) electrons. The summed E-state index contributed by atoms with van der Waals surface area (Å²) >= 11 is 5.39. The van der Waals surface area contributed by atoms with Gasteiger partial charge in [0.25, 0.3) is 0 Å². The molecular formula is C11H11ClF2O3. The van der Waals surface area contributed by atoms with Gasteiger partial charge in [0.05, 0.1) is 13.0 Å². The first-order chi connectivity index (χ1) is 7.88. The van der Waals surface area contributed by atoms with Gasteiger partial charge in [-0.25, -0.2) is 8.78 Å². The van der Waals surface area contributed by atoms with Crippen molar-refractivity contribution in [2.75, 3.05) is 7.11 Å². The minimum absolute atomic E-state index is 0.0382. The molecule has 0 heterocycles. The van der Waals surface area contributed by atoms with Crippen molar-refractivity contribution in [2.24, 2.45) is 5.92 Å². The molecule has 0 spiro atoms. The summed E-state index contributed by atoms with van der Waals surface area (Å²) in [7, 11) is 1.21. The van der Waals surface area contributed by atoms with Crippen molar-refractivity contribution in [3.05, 3.63) is 28.3 Å². The first kappa shape index (κ1) is 13.7. The van der Waals surface area contributed by atoms with Crippen molar-refractivity contribution < 1.29 is 23.4 Å². The molecular weight excluding hydrogens is 254 g/mol. The molecule has 0 aromatic heterocycles. The van der Waals surface area contributed by atoms with Crippen LogP contribution in [-0.2, 0) is 11.2 Å². The third-order valence-electron chi connectivity index (χ3n) is 2.35. The van der Waals surface area contributed by atoms with Crippen LogP contribution in [0.25, 0.3) is 0 Å². The molecule has 1 atom stereocenters. The number of halogens is 3. The fourth-order valence-corrected chi connectivity index (χ4v) is 1.56. The first-order valence-electron chi connectivity index (χ1n) is 4.81. The molecule has 1 N–H and O–H groups in total. The highest BCUT2D eigenvalue weighted by molar-refractivity contribution is 6.31. The smallest absolute Gasteiger partial charge is 0.306 e. The van der Waals surface area contributed by atoms with Gasteiger partial charge in [-0.3, -0.25) is 4.79 Å². The molecule has 6 heteroatoms. The third kappa shape index (κ3) is 2.85.